The molecule has 3 aromatic rings. The standard InChI is InChI=1S/C28H35N5O3.C4H4O4.H2O/c1-4-33(5-2)15-14-21-17-29-25-13-9-20(16-24(21)25)23(26-27(35)32-28(36)31-26)12-8-19-6-10-22(11-7-19)30-18(3)34;5-3(6)1-2-4(7)8;/h6-7,9-11,13,16-17,23,26,29H,4-5,8,12,14-15H2,1-3H3,(H,30,34)(H2,31,32,35,36);1-2H,(H,5,6)(H,7,8);1H2. The number of H-pyrrole nitrogens is 1. The van der Waals surface area contributed by atoms with E-state index in [4.69, 9.17) is 10.2 Å². The lowest BCUT2D eigenvalue weighted by atomic mass is 9.85. The molecular formula is C32H41N5O8. The number of carbonyl (C=O) groups excluding carboxylic acids is 3. The fourth-order valence-electron chi connectivity index (χ4n) is 5.12. The second kappa shape index (κ2) is 17.3. The highest BCUT2D eigenvalue weighted by molar-refractivity contribution is 6.04. The summed E-state index contributed by atoms with van der Waals surface area (Å²) < 4.78 is 0. The van der Waals surface area contributed by atoms with Crippen LogP contribution in [0, 0.1) is 0 Å². The molecule has 2 unspecified atom stereocenters. The van der Waals surface area contributed by atoms with Crippen molar-refractivity contribution < 1.29 is 39.7 Å². The highest BCUT2D eigenvalue weighted by Crippen LogP contribution is 2.31. The molecule has 1 aliphatic rings. The summed E-state index contributed by atoms with van der Waals surface area (Å²) in [6.07, 6.45) is 5.54. The summed E-state index contributed by atoms with van der Waals surface area (Å²) >= 11 is 0. The fourth-order valence-corrected chi connectivity index (χ4v) is 5.12. The Morgan fingerprint density at radius 2 is 1.62 bits per heavy atom. The van der Waals surface area contributed by atoms with Crippen molar-refractivity contribution in [3.05, 3.63) is 77.5 Å². The molecule has 13 heteroatoms. The van der Waals surface area contributed by atoms with Gasteiger partial charge in [-0.1, -0.05) is 32.0 Å². The predicted molar refractivity (Wildman–Crippen MR) is 170 cm³/mol. The van der Waals surface area contributed by atoms with Gasteiger partial charge in [0.2, 0.25) is 5.91 Å². The summed E-state index contributed by atoms with van der Waals surface area (Å²) in [4.78, 5) is 60.8. The number of aromatic amines is 1. The Morgan fingerprint density at radius 1 is 0.978 bits per heavy atom. The number of rotatable bonds is 13. The molecule has 2 atom stereocenters. The number of aryl methyl sites for hydroxylation is 1. The van der Waals surface area contributed by atoms with Crippen LogP contribution in [0.4, 0.5) is 10.5 Å². The maximum atomic E-state index is 12.6. The maximum absolute atomic E-state index is 12.6. The number of imide groups is 1. The van der Waals surface area contributed by atoms with Crippen molar-refractivity contribution in [1.82, 2.24) is 20.5 Å². The van der Waals surface area contributed by atoms with E-state index in [0.717, 1.165) is 60.2 Å². The van der Waals surface area contributed by atoms with Crippen LogP contribution in [0.25, 0.3) is 10.9 Å². The Balaban J connectivity index is 0.000000693. The van der Waals surface area contributed by atoms with Gasteiger partial charge in [-0.2, -0.15) is 0 Å². The predicted octanol–water partition coefficient (Wildman–Crippen LogP) is 2.82. The third kappa shape index (κ3) is 10.9. The molecular weight excluding hydrogens is 582 g/mol. The second-order valence-corrected chi connectivity index (χ2v) is 10.4. The minimum Gasteiger partial charge on any atom is -0.478 e. The number of nitrogens with one attached hydrogen (secondary N) is 4. The van der Waals surface area contributed by atoms with Crippen LogP contribution in [-0.2, 0) is 32.0 Å². The molecule has 0 aliphatic carbocycles. The van der Waals surface area contributed by atoms with Gasteiger partial charge in [0.1, 0.15) is 6.04 Å². The number of aliphatic carboxylic acids is 2. The van der Waals surface area contributed by atoms with E-state index in [1.54, 1.807) is 0 Å². The van der Waals surface area contributed by atoms with Gasteiger partial charge in [-0.05, 0) is 73.3 Å². The molecule has 2 heterocycles. The first-order valence-corrected chi connectivity index (χ1v) is 14.4. The molecule has 1 saturated heterocycles. The van der Waals surface area contributed by atoms with Crippen LogP contribution in [0.15, 0.2) is 60.8 Å². The molecule has 1 aromatic heterocycles. The summed E-state index contributed by atoms with van der Waals surface area (Å²) in [5.41, 5.74) is 5.21. The average Bonchev–Trinajstić information content (AvgIpc) is 3.54. The summed E-state index contributed by atoms with van der Waals surface area (Å²) in [6.45, 7) is 8.87. The first-order chi connectivity index (χ1) is 21.0. The van der Waals surface area contributed by atoms with Crippen LogP contribution >= 0.6 is 0 Å². The second-order valence-electron chi connectivity index (χ2n) is 10.4. The van der Waals surface area contributed by atoms with Gasteiger partial charge in [0.05, 0.1) is 0 Å². The van der Waals surface area contributed by atoms with Crippen molar-refractivity contribution in [1.29, 1.82) is 0 Å². The van der Waals surface area contributed by atoms with E-state index in [1.165, 1.54) is 12.5 Å². The molecule has 0 bridgehead atoms. The molecule has 242 valence electrons. The molecule has 0 spiro atoms. The number of anilines is 1. The first kappa shape index (κ1) is 36.2. The van der Waals surface area contributed by atoms with Crippen LogP contribution in [-0.4, -0.2) is 81.0 Å². The Hall–Kier alpha value is -5.01. The quantitative estimate of drug-likeness (QED) is 0.123. The van der Waals surface area contributed by atoms with Crippen LogP contribution < -0.4 is 16.0 Å². The monoisotopic (exact) mass is 623 g/mol. The Morgan fingerprint density at radius 3 is 2.16 bits per heavy atom. The zero-order valence-corrected chi connectivity index (χ0v) is 25.6. The number of carboxylic acid groups (broad SMARTS) is 2. The normalized spacial score (nSPS) is 14.7. The molecule has 4 rings (SSSR count). The third-order valence-electron chi connectivity index (χ3n) is 7.41. The number of aromatic nitrogens is 1. The Bertz CT molecular complexity index is 1500. The number of hydrogen-bond donors (Lipinski definition) is 6. The van der Waals surface area contributed by atoms with Crippen LogP contribution in [0.3, 0.4) is 0 Å². The van der Waals surface area contributed by atoms with Gasteiger partial charge in [-0.3, -0.25) is 14.9 Å². The molecule has 2 aromatic carbocycles. The van der Waals surface area contributed by atoms with Gasteiger partial charge in [-0.15, -0.1) is 0 Å². The van der Waals surface area contributed by atoms with Crippen molar-refractivity contribution in [3.8, 4) is 0 Å². The van der Waals surface area contributed by atoms with Gasteiger partial charge in [0, 0.05) is 54.3 Å². The van der Waals surface area contributed by atoms with E-state index in [1.807, 2.05) is 24.3 Å². The number of carbonyl (C=O) groups is 5. The SMILES string of the molecule is CCN(CC)CCc1c[nH]c2ccc(C(CCc3ccc(NC(C)=O)cc3)C3NC(=O)NC3=O)cc12.O.O=C(O)C=CC(=O)O. The van der Waals surface area contributed by atoms with E-state index in [0.29, 0.717) is 18.6 Å². The number of fused-ring (bicyclic) bond motifs is 1. The lowest BCUT2D eigenvalue weighted by molar-refractivity contribution is -0.134. The summed E-state index contributed by atoms with van der Waals surface area (Å²) in [6, 6.07) is 12.9. The minimum absolute atomic E-state index is 0. The van der Waals surface area contributed by atoms with Crippen molar-refractivity contribution in [2.24, 2.45) is 0 Å². The summed E-state index contributed by atoms with van der Waals surface area (Å²) in [7, 11) is 0. The highest BCUT2D eigenvalue weighted by Gasteiger charge is 2.37. The lowest BCUT2D eigenvalue weighted by Crippen LogP contribution is -2.35. The smallest absolute Gasteiger partial charge is 0.328 e. The van der Waals surface area contributed by atoms with E-state index in [9.17, 15) is 24.0 Å². The lowest BCUT2D eigenvalue weighted by Gasteiger charge is -2.23. The van der Waals surface area contributed by atoms with Gasteiger partial charge in [0.25, 0.3) is 5.91 Å². The Labute approximate surface area is 261 Å². The molecule has 1 aliphatic heterocycles. The first-order valence-electron chi connectivity index (χ1n) is 14.4. The van der Waals surface area contributed by atoms with E-state index < -0.39 is 24.0 Å². The van der Waals surface area contributed by atoms with Crippen molar-refractivity contribution in [3.63, 3.8) is 0 Å². The van der Waals surface area contributed by atoms with E-state index >= 15 is 0 Å². The van der Waals surface area contributed by atoms with Gasteiger partial charge in [-0.25, -0.2) is 14.4 Å². The zero-order valence-electron chi connectivity index (χ0n) is 25.6. The number of amides is 4. The van der Waals surface area contributed by atoms with Gasteiger partial charge >= 0.3 is 18.0 Å². The van der Waals surface area contributed by atoms with Crippen LogP contribution in [0.2, 0.25) is 0 Å². The molecule has 13 nitrogen and oxygen atoms in total. The molecule has 0 saturated carbocycles. The fraction of sp³-hybridized carbons (Fsp3) is 0.344. The van der Waals surface area contributed by atoms with Crippen molar-refractivity contribution in [2.75, 3.05) is 25.0 Å². The summed E-state index contributed by atoms with van der Waals surface area (Å²) in [5, 5.41) is 24.8. The highest BCUT2D eigenvalue weighted by atomic mass is 16.4. The number of carboxylic acids is 2. The minimum atomic E-state index is -1.26. The number of likely N-dealkylation sites (N-methyl/N-ethyl adjacent to an activating group) is 1. The molecule has 0 radical (unpaired) electrons. The zero-order chi connectivity index (χ0) is 32.2. The topological polar surface area (TPSA) is 212 Å². The average molecular weight is 624 g/mol. The molecule has 45 heavy (non-hydrogen) atoms. The molecule has 4 amide bonds. The van der Waals surface area contributed by atoms with Crippen LogP contribution in [0.5, 0.6) is 0 Å². The van der Waals surface area contributed by atoms with Crippen molar-refractivity contribution in [2.45, 2.75) is 52.0 Å². The third-order valence-corrected chi connectivity index (χ3v) is 7.41. The number of benzene rings is 2. The maximum Gasteiger partial charge on any atom is 0.328 e. The van der Waals surface area contributed by atoms with Crippen LogP contribution in [0.1, 0.15) is 49.8 Å². The van der Waals surface area contributed by atoms with E-state index in [2.05, 4.69) is 64.1 Å². The van der Waals surface area contributed by atoms with Gasteiger partial charge < -0.3 is 36.2 Å². The summed E-state index contributed by atoms with van der Waals surface area (Å²) in [5.74, 6) is -3.09. The largest absolute Gasteiger partial charge is 0.478 e. The number of urea groups is 1. The number of nitrogens with zero attached hydrogens (tertiary/aromatic N) is 1. The van der Waals surface area contributed by atoms with Crippen molar-refractivity contribution >= 4 is 46.4 Å². The molecule has 8 N–H and O–H groups in total. The van der Waals surface area contributed by atoms with E-state index in [-0.39, 0.29) is 23.2 Å². The van der Waals surface area contributed by atoms with Gasteiger partial charge in [0.15, 0.2) is 0 Å². The number of hydrogen-bond acceptors (Lipinski definition) is 6. The molecule has 1 fully saturated rings. The Kier molecular flexibility index (Phi) is 13.9.